The van der Waals surface area contributed by atoms with Crippen LogP contribution in [0.2, 0.25) is 0 Å². The highest BCUT2D eigenvalue weighted by atomic mass is 35.5. The second kappa shape index (κ2) is 6.86. The molecule has 1 aromatic rings. The number of nitrogens with zero attached hydrogens (tertiary/aromatic N) is 1. The van der Waals surface area contributed by atoms with Gasteiger partial charge in [-0.1, -0.05) is 43.7 Å². The summed E-state index contributed by atoms with van der Waals surface area (Å²) in [5.74, 6) is 0. The largest absolute Gasteiger partial charge is 0.302 e. The van der Waals surface area contributed by atoms with Gasteiger partial charge in [0.1, 0.15) is 0 Å². The summed E-state index contributed by atoms with van der Waals surface area (Å²) in [4.78, 5) is 2.29. The first-order valence-electron chi connectivity index (χ1n) is 4.97. The molecule has 0 saturated heterocycles. The molecule has 80 valence electrons. The zero-order valence-electron chi connectivity index (χ0n) is 9.23. The molecule has 0 saturated carbocycles. The van der Waals surface area contributed by atoms with Crippen LogP contribution in [0.25, 0.3) is 0 Å². The van der Waals surface area contributed by atoms with Crippen molar-refractivity contribution >= 4 is 12.4 Å². The van der Waals surface area contributed by atoms with E-state index >= 15 is 0 Å². The summed E-state index contributed by atoms with van der Waals surface area (Å²) in [6, 6.07) is 11.3. The van der Waals surface area contributed by atoms with Gasteiger partial charge in [-0.25, -0.2) is 0 Å². The molecule has 1 rings (SSSR count). The van der Waals surface area contributed by atoms with Crippen LogP contribution in [-0.4, -0.2) is 19.0 Å². The van der Waals surface area contributed by atoms with Crippen molar-refractivity contribution in [3.05, 3.63) is 35.9 Å². The lowest BCUT2D eigenvalue weighted by Gasteiger charge is -2.24. The molecule has 0 aliphatic rings. The zero-order valence-corrected chi connectivity index (χ0v) is 10.1. The van der Waals surface area contributed by atoms with Crippen LogP contribution in [0.5, 0.6) is 0 Å². The molecular formula is C12H20ClN. The summed E-state index contributed by atoms with van der Waals surface area (Å²) >= 11 is 0. The molecule has 1 aromatic carbocycles. The second-order valence-corrected chi connectivity index (χ2v) is 3.68. The Bertz CT molecular complexity index is 233. The number of halogens is 1. The van der Waals surface area contributed by atoms with Crippen molar-refractivity contribution in [3.63, 3.8) is 0 Å². The highest BCUT2D eigenvalue weighted by Gasteiger charge is 2.11. The second-order valence-electron chi connectivity index (χ2n) is 3.68. The smallest absolute Gasteiger partial charge is 0.0341 e. The van der Waals surface area contributed by atoms with Crippen molar-refractivity contribution in [1.82, 2.24) is 4.90 Å². The predicted octanol–water partition coefficient (Wildman–Crippen LogP) is 3.51. The van der Waals surface area contributed by atoms with Crippen molar-refractivity contribution in [1.29, 1.82) is 0 Å². The fourth-order valence-corrected chi connectivity index (χ4v) is 1.67. The van der Waals surface area contributed by atoms with Crippen LogP contribution in [-0.2, 0) is 0 Å². The molecule has 1 unspecified atom stereocenters. The van der Waals surface area contributed by atoms with Crippen LogP contribution in [0.4, 0.5) is 0 Å². The van der Waals surface area contributed by atoms with Crippen LogP contribution >= 0.6 is 12.4 Å². The van der Waals surface area contributed by atoms with Crippen molar-refractivity contribution in [2.24, 2.45) is 0 Å². The number of benzene rings is 1. The highest BCUT2D eigenvalue weighted by Crippen LogP contribution is 2.22. The van der Waals surface area contributed by atoms with Crippen LogP contribution in [0.3, 0.4) is 0 Å². The van der Waals surface area contributed by atoms with Gasteiger partial charge in [-0.05, 0) is 26.1 Å². The Hall–Kier alpha value is -0.530. The zero-order chi connectivity index (χ0) is 9.68. The van der Waals surface area contributed by atoms with Gasteiger partial charge in [-0.2, -0.15) is 0 Å². The van der Waals surface area contributed by atoms with Crippen LogP contribution < -0.4 is 0 Å². The minimum Gasteiger partial charge on any atom is -0.302 e. The van der Waals surface area contributed by atoms with Gasteiger partial charge in [-0.15, -0.1) is 12.4 Å². The fourth-order valence-electron chi connectivity index (χ4n) is 1.67. The van der Waals surface area contributed by atoms with E-state index in [9.17, 15) is 0 Å². The maximum Gasteiger partial charge on any atom is 0.0341 e. The minimum atomic E-state index is 0. The van der Waals surface area contributed by atoms with Crippen molar-refractivity contribution in [3.8, 4) is 0 Å². The molecule has 1 nitrogen and oxygen atoms in total. The molecule has 0 spiro atoms. The summed E-state index contributed by atoms with van der Waals surface area (Å²) in [7, 11) is 4.29. The number of hydrogen-bond acceptors (Lipinski definition) is 1. The van der Waals surface area contributed by atoms with Crippen molar-refractivity contribution in [2.45, 2.75) is 25.8 Å². The Morgan fingerprint density at radius 2 is 1.71 bits per heavy atom. The highest BCUT2D eigenvalue weighted by molar-refractivity contribution is 5.85. The predicted molar refractivity (Wildman–Crippen MR) is 65.0 cm³/mol. The fraction of sp³-hybridized carbons (Fsp3) is 0.500. The van der Waals surface area contributed by atoms with E-state index in [2.05, 4.69) is 56.3 Å². The minimum absolute atomic E-state index is 0. The van der Waals surface area contributed by atoms with E-state index in [1.165, 1.54) is 18.4 Å². The van der Waals surface area contributed by atoms with Gasteiger partial charge in [0, 0.05) is 6.04 Å². The molecule has 0 bridgehead atoms. The van der Waals surface area contributed by atoms with Crippen molar-refractivity contribution < 1.29 is 0 Å². The van der Waals surface area contributed by atoms with Crippen molar-refractivity contribution in [2.75, 3.05) is 14.1 Å². The van der Waals surface area contributed by atoms with Gasteiger partial charge in [0.25, 0.3) is 0 Å². The van der Waals surface area contributed by atoms with Gasteiger partial charge in [0.05, 0.1) is 0 Å². The first-order chi connectivity index (χ1) is 6.25. The van der Waals surface area contributed by atoms with Crippen LogP contribution in [0.15, 0.2) is 30.3 Å². The van der Waals surface area contributed by atoms with E-state index in [0.717, 1.165) is 0 Å². The standard InChI is InChI=1S/C12H19N.ClH/c1-4-8-12(13(2)3)11-9-6-5-7-10-11;/h5-7,9-10,12H,4,8H2,1-3H3;1H. The summed E-state index contributed by atoms with van der Waals surface area (Å²) in [6.07, 6.45) is 2.47. The molecule has 0 amide bonds. The number of rotatable bonds is 4. The Morgan fingerprint density at radius 1 is 1.14 bits per heavy atom. The van der Waals surface area contributed by atoms with Gasteiger partial charge >= 0.3 is 0 Å². The summed E-state index contributed by atoms with van der Waals surface area (Å²) in [5, 5.41) is 0. The van der Waals surface area contributed by atoms with Gasteiger partial charge in [0.2, 0.25) is 0 Å². The maximum atomic E-state index is 2.29. The Balaban J connectivity index is 0.00000169. The molecule has 1 atom stereocenters. The molecule has 0 fully saturated rings. The molecule has 0 N–H and O–H groups in total. The topological polar surface area (TPSA) is 3.24 Å². The van der Waals surface area contributed by atoms with E-state index in [1.807, 2.05) is 0 Å². The Labute approximate surface area is 93.5 Å². The molecule has 0 radical (unpaired) electrons. The van der Waals surface area contributed by atoms with E-state index in [1.54, 1.807) is 0 Å². The molecule has 0 aliphatic carbocycles. The van der Waals surface area contributed by atoms with E-state index in [4.69, 9.17) is 0 Å². The quantitative estimate of drug-likeness (QED) is 0.740. The third-order valence-corrected chi connectivity index (χ3v) is 2.37. The lowest BCUT2D eigenvalue weighted by atomic mass is 10.0. The van der Waals surface area contributed by atoms with Crippen LogP contribution in [0, 0.1) is 0 Å². The first-order valence-corrected chi connectivity index (χ1v) is 4.97. The molecule has 0 aliphatic heterocycles. The molecule has 2 heteroatoms. The molecular weight excluding hydrogens is 194 g/mol. The van der Waals surface area contributed by atoms with Gasteiger partial charge < -0.3 is 4.90 Å². The lowest BCUT2D eigenvalue weighted by Crippen LogP contribution is -2.19. The van der Waals surface area contributed by atoms with E-state index < -0.39 is 0 Å². The third kappa shape index (κ3) is 3.69. The monoisotopic (exact) mass is 213 g/mol. The third-order valence-electron chi connectivity index (χ3n) is 2.37. The summed E-state index contributed by atoms with van der Waals surface area (Å²) in [6.45, 7) is 2.24. The summed E-state index contributed by atoms with van der Waals surface area (Å²) in [5.41, 5.74) is 1.43. The van der Waals surface area contributed by atoms with Gasteiger partial charge in [0.15, 0.2) is 0 Å². The average Bonchev–Trinajstić information content (AvgIpc) is 2.15. The number of hydrogen-bond donors (Lipinski definition) is 0. The summed E-state index contributed by atoms with van der Waals surface area (Å²) < 4.78 is 0. The normalized spacial score (nSPS) is 12.3. The SMILES string of the molecule is CCCC(c1ccccc1)N(C)C.Cl. The molecule has 0 heterocycles. The Morgan fingerprint density at radius 3 is 2.14 bits per heavy atom. The first kappa shape index (κ1) is 13.5. The Kier molecular flexibility index (Phi) is 6.60. The maximum absolute atomic E-state index is 2.29. The van der Waals surface area contributed by atoms with Crippen LogP contribution in [0.1, 0.15) is 31.4 Å². The average molecular weight is 214 g/mol. The van der Waals surface area contributed by atoms with Gasteiger partial charge in [-0.3, -0.25) is 0 Å². The van der Waals surface area contributed by atoms with E-state index in [-0.39, 0.29) is 12.4 Å². The molecule has 0 aromatic heterocycles. The molecule has 14 heavy (non-hydrogen) atoms. The lowest BCUT2D eigenvalue weighted by molar-refractivity contribution is 0.282. The van der Waals surface area contributed by atoms with E-state index in [0.29, 0.717) is 6.04 Å².